The predicted molar refractivity (Wildman–Crippen MR) is 83.3 cm³/mol. The average Bonchev–Trinajstić information content (AvgIpc) is 2.49. The van der Waals surface area contributed by atoms with Crippen LogP contribution < -0.4 is 15.8 Å². The monoisotopic (exact) mass is 289 g/mol. The molecule has 0 aromatic heterocycles. The maximum Gasteiger partial charge on any atom is 0.336 e. The first-order chi connectivity index (χ1) is 10.2. The number of hydrazine groups is 1. The lowest BCUT2D eigenvalue weighted by atomic mass is 10.1. The van der Waals surface area contributed by atoms with Crippen LogP contribution in [0, 0.1) is 0 Å². The van der Waals surface area contributed by atoms with Gasteiger partial charge in [-0.3, -0.25) is 4.79 Å². The molecular weight excluding hydrogens is 270 g/mol. The normalized spacial score (nSPS) is 9.43. The van der Waals surface area contributed by atoms with Crippen LogP contribution >= 0.6 is 0 Å². The van der Waals surface area contributed by atoms with E-state index in [-0.39, 0.29) is 12.5 Å². The number of nitrogens with one attached hydrogen (secondary N) is 2. The summed E-state index contributed by atoms with van der Waals surface area (Å²) >= 11 is 0. The van der Waals surface area contributed by atoms with Gasteiger partial charge in [-0.25, -0.2) is 15.2 Å². The highest BCUT2D eigenvalue weighted by Gasteiger charge is 2.12. The molecule has 112 valence electrons. The molecule has 0 aliphatic heterocycles. The minimum atomic E-state index is -0.250. The first-order valence-corrected chi connectivity index (χ1v) is 6.49. The van der Waals surface area contributed by atoms with E-state index < -0.39 is 0 Å². The van der Waals surface area contributed by atoms with E-state index in [0.717, 1.165) is 16.5 Å². The number of anilines is 1. The molecule has 0 radical (unpaired) electrons. The van der Waals surface area contributed by atoms with Gasteiger partial charge in [-0.05, 0) is 29.8 Å². The Balaban J connectivity index is 0.000000677. The Labute approximate surface area is 123 Å². The standard InChI is InChI=1S/C14H17N3O.CH2O2/c1-3-16-14(18)17(15-2)13-9-8-11-6-4-5-7-12(11)10-13;2-1-3/h4-10,15H,3H2,1-2H3,(H,16,18);1H,(H,2,3). The summed E-state index contributed by atoms with van der Waals surface area (Å²) in [5.74, 6) is 0. The smallest absolute Gasteiger partial charge is 0.336 e. The lowest BCUT2D eigenvalue weighted by Crippen LogP contribution is -2.46. The molecule has 0 unspecified atom stereocenters. The molecule has 0 aliphatic carbocycles. The molecule has 0 bridgehead atoms. The van der Waals surface area contributed by atoms with Crippen molar-refractivity contribution >= 4 is 29.0 Å². The highest BCUT2D eigenvalue weighted by atomic mass is 16.3. The number of hydrogen-bond acceptors (Lipinski definition) is 3. The van der Waals surface area contributed by atoms with Crippen molar-refractivity contribution < 1.29 is 14.7 Å². The molecule has 2 aromatic rings. The third-order valence-corrected chi connectivity index (χ3v) is 2.75. The molecule has 0 saturated carbocycles. The number of carboxylic acid groups (broad SMARTS) is 1. The van der Waals surface area contributed by atoms with Crippen LogP contribution in [0.4, 0.5) is 10.5 Å². The average molecular weight is 289 g/mol. The maximum absolute atomic E-state index is 11.9. The van der Waals surface area contributed by atoms with Crippen molar-refractivity contribution in [1.29, 1.82) is 0 Å². The van der Waals surface area contributed by atoms with Crippen LogP contribution in [0.5, 0.6) is 0 Å². The molecular formula is C15H19N3O3. The van der Waals surface area contributed by atoms with Gasteiger partial charge in [0.15, 0.2) is 0 Å². The Kier molecular flexibility index (Phi) is 6.70. The Hall–Kier alpha value is -2.60. The number of fused-ring (bicyclic) bond motifs is 1. The highest BCUT2D eigenvalue weighted by Crippen LogP contribution is 2.21. The van der Waals surface area contributed by atoms with Crippen molar-refractivity contribution in [1.82, 2.24) is 10.7 Å². The molecule has 0 aliphatic rings. The van der Waals surface area contributed by atoms with Crippen LogP contribution in [-0.4, -0.2) is 31.2 Å². The van der Waals surface area contributed by atoms with Gasteiger partial charge in [0.1, 0.15) is 0 Å². The summed E-state index contributed by atoms with van der Waals surface area (Å²) in [6, 6.07) is 13.8. The zero-order valence-electron chi connectivity index (χ0n) is 12.0. The van der Waals surface area contributed by atoms with E-state index in [1.165, 1.54) is 5.01 Å². The largest absolute Gasteiger partial charge is 0.483 e. The van der Waals surface area contributed by atoms with Crippen LogP contribution in [0.2, 0.25) is 0 Å². The molecule has 0 saturated heterocycles. The van der Waals surface area contributed by atoms with Crippen LogP contribution in [0.15, 0.2) is 42.5 Å². The molecule has 0 spiro atoms. The van der Waals surface area contributed by atoms with Crippen molar-refractivity contribution in [3.63, 3.8) is 0 Å². The third kappa shape index (κ3) is 4.47. The Morgan fingerprint density at radius 2 is 1.86 bits per heavy atom. The van der Waals surface area contributed by atoms with E-state index in [0.29, 0.717) is 6.54 Å². The Morgan fingerprint density at radius 1 is 1.24 bits per heavy atom. The zero-order valence-corrected chi connectivity index (χ0v) is 12.0. The summed E-state index contributed by atoms with van der Waals surface area (Å²) in [5.41, 5.74) is 3.71. The van der Waals surface area contributed by atoms with Crippen molar-refractivity contribution in [3.8, 4) is 0 Å². The number of amides is 2. The van der Waals surface area contributed by atoms with Crippen molar-refractivity contribution in [2.24, 2.45) is 0 Å². The molecule has 2 rings (SSSR count). The fourth-order valence-corrected chi connectivity index (χ4v) is 1.89. The first kappa shape index (κ1) is 16.5. The minimum absolute atomic E-state index is 0.157. The van der Waals surface area contributed by atoms with E-state index in [9.17, 15) is 4.79 Å². The van der Waals surface area contributed by atoms with Crippen LogP contribution in [0.25, 0.3) is 10.8 Å². The van der Waals surface area contributed by atoms with Crippen LogP contribution in [0.1, 0.15) is 6.92 Å². The number of hydrogen-bond donors (Lipinski definition) is 3. The van der Waals surface area contributed by atoms with Gasteiger partial charge in [0.25, 0.3) is 6.47 Å². The number of benzene rings is 2. The number of carbonyl (C=O) groups is 2. The van der Waals surface area contributed by atoms with E-state index in [2.05, 4.69) is 16.8 Å². The van der Waals surface area contributed by atoms with Gasteiger partial charge in [-0.1, -0.05) is 30.3 Å². The molecule has 2 aromatic carbocycles. The molecule has 21 heavy (non-hydrogen) atoms. The van der Waals surface area contributed by atoms with E-state index in [1.54, 1.807) is 7.05 Å². The summed E-state index contributed by atoms with van der Waals surface area (Å²) in [6.45, 7) is 2.25. The van der Waals surface area contributed by atoms with Gasteiger partial charge in [0.2, 0.25) is 0 Å². The first-order valence-electron chi connectivity index (χ1n) is 6.49. The lowest BCUT2D eigenvalue weighted by Gasteiger charge is -2.21. The van der Waals surface area contributed by atoms with Gasteiger partial charge in [-0.15, -0.1) is 0 Å². The van der Waals surface area contributed by atoms with Gasteiger partial charge in [0, 0.05) is 13.6 Å². The Morgan fingerprint density at radius 3 is 2.43 bits per heavy atom. The molecule has 6 heteroatoms. The summed E-state index contributed by atoms with van der Waals surface area (Å²) in [5, 5.41) is 13.4. The summed E-state index contributed by atoms with van der Waals surface area (Å²) in [6.07, 6.45) is 0. The lowest BCUT2D eigenvalue weighted by molar-refractivity contribution is -0.122. The van der Waals surface area contributed by atoms with Crippen LogP contribution in [-0.2, 0) is 4.79 Å². The van der Waals surface area contributed by atoms with E-state index in [1.807, 2.05) is 43.3 Å². The van der Waals surface area contributed by atoms with Crippen molar-refractivity contribution in [2.75, 3.05) is 18.6 Å². The fraction of sp³-hybridized carbons (Fsp3) is 0.200. The second kappa shape index (κ2) is 8.55. The summed E-state index contributed by atoms with van der Waals surface area (Å²) in [7, 11) is 1.73. The summed E-state index contributed by atoms with van der Waals surface area (Å²) < 4.78 is 0. The van der Waals surface area contributed by atoms with Crippen molar-refractivity contribution in [2.45, 2.75) is 6.92 Å². The third-order valence-electron chi connectivity index (χ3n) is 2.75. The maximum atomic E-state index is 11.9. The molecule has 6 nitrogen and oxygen atoms in total. The van der Waals surface area contributed by atoms with E-state index in [4.69, 9.17) is 9.90 Å². The van der Waals surface area contributed by atoms with E-state index >= 15 is 0 Å². The highest BCUT2D eigenvalue weighted by molar-refractivity contribution is 5.94. The van der Waals surface area contributed by atoms with Crippen molar-refractivity contribution in [3.05, 3.63) is 42.5 Å². The second-order valence-corrected chi connectivity index (χ2v) is 4.03. The molecule has 3 N–H and O–H groups in total. The molecule has 0 fully saturated rings. The molecule has 2 amide bonds. The van der Waals surface area contributed by atoms with Gasteiger partial charge in [0.05, 0.1) is 5.69 Å². The molecule has 0 heterocycles. The zero-order chi connectivity index (χ0) is 15.7. The quantitative estimate of drug-likeness (QED) is 0.597. The SMILES string of the molecule is CCNC(=O)N(NC)c1ccc2ccccc2c1.O=CO. The van der Waals surface area contributed by atoms with Gasteiger partial charge >= 0.3 is 6.03 Å². The number of nitrogens with zero attached hydrogens (tertiary/aromatic N) is 1. The Bertz CT molecular complexity index is 601. The topological polar surface area (TPSA) is 81.7 Å². The van der Waals surface area contributed by atoms with Gasteiger partial charge in [-0.2, -0.15) is 0 Å². The number of urea groups is 1. The predicted octanol–water partition coefficient (Wildman–Crippen LogP) is 2.21. The second-order valence-electron chi connectivity index (χ2n) is 4.03. The van der Waals surface area contributed by atoms with Gasteiger partial charge < -0.3 is 10.4 Å². The van der Waals surface area contributed by atoms with Crippen LogP contribution in [0.3, 0.4) is 0 Å². The minimum Gasteiger partial charge on any atom is -0.483 e. The summed E-state index contributed by atoms with van der Waals surface area (Å²) in [4.78, 5) is 20.2. The molecule has 0 atom stereocenters. The number of carbonyl (C=O) groups excluding carboxylic acids is 1. The number of rotatable bonds is 3. The fourth-order valence-electron chi connectivity index (χ4n) is 1.89.